The van der Waals surface area contributed by atoms with Crippen molar-refractivity contribution in [1.82, 2.24) is 9.97 Å². The third-order valence-corrected chi connectivity index (χ3v) is 4.67. The van der Waals surface area contributed by atoms with Gasteiger partial charge in [0.25, 0.3) is 5.56 Å². The van der Waals surface area contributed by atoms with E-state index in [2.05, 4.69) is 30.7 Å². The van der Waals surface area contributed by atoms with Gasteiger partial charge >= 0.3 is 5.97 Å². The van der Waals surface area contributed by atoms with Crippen molar-refractivity contribution >= 4 is 16.9 Å². The number of ether oxygens (including phenoxy) is 2. The molecule has 2 aromatic carbocycles. The topological polar surface area (TPSA) is 81.3 Å². The zero-order valence-corrected chi connectivity index (χ0v) is 17.4. The summed E-state index contributed by atoms with van der Waals surface area (Å²) < 4.78 is 11.2. The third-order valence-electron chi connectivity index (χ3n) is 4.67. The van der Waals surface area contributed by atoms with Crippen LogP contribution in [-0.2, 0) is 14.9 Å². The van der Waals surface area contributed by atoms with Crippen LogP contribution < -0.4 is 10.3 Å². The number of para-hydroxylation sites is 1. The number of fused-ring (bicyclic) bond motifs is 1. The lowest BCUT2D eigenvalue weighted by atomic mass is 9.87. The molecule has 3 rings (SSSR count). The molecular formula is C23H26N2O4. The largest absolute Gasteiger partial charge is 0.479 e. The van der Waals surface area contributed by atoms with E-state index in [0.29, 0.717) is 22.5 Å². The number of aromatic amines is 1. The van der Waals surface area contributed by atoms with Gasteiger partial charge in [-0.15, -0.1) is 0 Å². The van der Waals surface area contributed by atoms with E-state index in [1.807, 2.05) is 24.3 Å². The lowest BCUT2D eigenvalue weighted by molar-refractivity contribution is -0.156. The number of rotatable bonds is 5. The number of hydrogen-bond donors (Lipinski definition) is 1. The summed E-state index contributed by atoms with van der Waals surface area (Å²) in [5, 5.41) is 0.491. The summed E-state index contributed by atoms with van der Waals surface area (Å²) in [6, 6.07) is 14.7. The highest BCUT2D eigenvalue weighted by Crippen LogP contribution is 2.25. The minimum atomic E-state index is -0.801. The normalized spacial score (nSPS) is 13.7. The number of hydrogen-bond acceptors (Lipinski definition) is 5. The number of carbonyl (C=O) groups excluding carboxylic acids is 1. The Morgan fingerprint density at radius 2 is 1.69 bits per heavy atom. The Kier molecular flexibility index (Phi) is 5.73. The minimum Gasteiger partial charge on any atom is -0.479 e. The highest BCUT2D eigenvalue weighted by molar-refractivity contribution is 5.77. The van der Waals surface area contributed by atoms with Crippen LogP contribution in [0.5, 0.6) is 5.75 Å². The summed E-state index contributed by atoms with van der Waals surface area (Å²) in [7, 11) is 0. The summed E-state index contributed by atoms with van der Waals surface area (Å²) >= 11 is 0. The van der Waals surface area contributed by atoms with Gasteiger partial charge in [0.05, 0.1) is 10.9 Å². The predicted octanol–water partition coefficient (Wildman–Crippen LogP) is 4.29. The second-order valence-electron chi connectivity index (χ2n) is 8.08. The van der Waals surface area contributed by atoms with E-state index >= 15 is 0 Å². The zero-order chi connectivity index (χ0) is 21.2. The molecule has 0 aliphatic heterocycles. The standard InChI is InChI=1S/C23H26N2O4/c1-14(20-24-19-9-7-6-8-18(19)21(26)25-20)29-22(27)15(2)28-17-12-10-16(11-13-17)23(3,4)5/h6-15H,1-5H3,(H,24,25,26)/t14-,15-/m0/s1. The molecule has 0 unspecified atom stereocenters. The van der Waals surface area contributed by atoms with Crippen LogP contribution in [0.3, 0.4) is 0 Å². The van der Waals surface area contributed by atoms with Crippen molar-refractivity contribution in [3.8, 4) is 5.75 Å². The highest BCUT2D eigenvalue weighted by Gasteiger charge is 2.22. The zero-order valence-electron chi connectivity index (χ0n) is 17.4. The van der Waals surface area contributed by atoms with Crippen LogP contribution >= 0.6 is 0 Å². The SMILES string of the molecule is C[C@H](Oc1ccc(C(C)(C)C)cc1)C(=O)O[C@@H](C)c1nc2ccccc2c(=O)[nH]1. The molecule has 0 aliphatic rings. The number of carbonyl (C=O) groups is 1. The molecule has 6 heteroatoms. The molecule has 0 spiro atoms. The molecule has 6 nitrogen and oxygen atoms in total. The van der Waals surface area contributed by atoms with Crippen LogP contribution in [0.4, 0.5) is 0 Å². The van der Waals surface area contributed by atoms with Gasteiger partial charge in [-0.05, 0) is 49.1 Å². The fourth-order valence-electron chi connectivity index (χ4n) is 2.91. The molecular weight excluding hydrogens is 368 g/mol. The first kappa shape index (κ1) is 20.6. The van der Waals surface area contributed by atoms with Crippen LogP contribution in [0, 0.1) is 0 Å². The number of esters is 1. The van der Waals surface area contributed by atoms with E-state index in [4.69, 9.17) is 9.47 Å². The van der Waals surface area contributed by atoms with Crippen LogP contribution in [0.2, 0.25) is 0 Å². The Morgan fingerprint density at radius 3 is 2.34 bits per heavy atom. The predicted molar refractivity (Wildman–Crippen MR) is 112 cm³/mol. The van der Waals surface area contributed by atoms with Crippen LogP contribution in [0.15, 0.2) is 53.3 Å². The molecule has 152 valence electrons. The quantitative estimate of drug-likeness (QED) is 0.653. The molecule has 0 radical (unpaired) electrons. The second-order valence-corrected chi connectivity index (χ2v) is 8.08. The monoisotopic (exact) mass is 394 g/mol. The Hall–Kier alpha value is -3.15. The van der Waals surface area contributed by atoms with E-state index in [9.17, 15) is 9.59 Å². The summed E-state index contributed by atoms with van der Waals surface area (Å²) in [5.74, 6) is 0.351. The van der Waals surface area contributed by atoms with Gasteiger partial charge < -0.3 is 14.5 Å². The van der Waals surface area contributed by atoms with E-state index in [0.717, 1.165) is 0 Å². The Morgan fingerprint density at radius 1 is 1.03 bits per heavy atom. The number of nitrogens with zero attached hydrogens (tertiary/aromatic N) is 1. The first-order valence-electron chi connectivity index (χ1n) is 9.62. The van der Waals surface area contributed by atoms with Gasteiger partial charge in [0.2, 0.25) is 0 Å². The van der Waals surface area contributed by atoms with Crippen molar-refractivity contribution in [1.29, 1.82) is 0 Å². The molecule has 0 aliphatic carbocycles. The van der Waals surface area contributed by atoms with Gasteiger partial charge in [-0.25, -0.2) is 9.78 Å². The molecule has 3 aromatic rings. The summed E-state index contributed by atoms with van der Waals surface area (Å²) in [6.45, 7) is 9.69. The van der Waals surface area contributed by atoms with Crippen molar-refractivity contribution in [2.75, 3.05) is 0 Å². The smallest absolute Gasteiger partial charge is 0.347 e. The van der Waals surface area contributed by atoms with Crippen molar-refractivity contribution in [2.45, 2.75) is 52.2 Å². The van der Waals surface area contributed by atoms with E-state index in [1.165, 1.54) is 5.56 Å². The summed E-state index contributed by atoms with van der Waals surface area (Å²) in [4.78, 5) is 31.7. The molecule has 0 fully saturated rings. The molecule has 1 aromatic heterocycles. The van der Waals surface area contributed by atoms with Crippen molar-refractivity contribution in [3.63, 3.8) is 0 Å². The Balaban J connectivity index is 1.67. The van der Waals surface area contributed by atoms with Gasteiger partial charge in [0, 0.05) is 0 Å². The third kappa shape index (κ3) is 4.83. The molecule has 1 heterocycles. The van der Waals surface area contributed by atoms with E-state index in [1.54, 1.807) is 38.1 Å². The van der Waals surface area contributed by atoms with Gasteiger partial charge in [0.15, 0.2) is 18.0 Å². The van der Waals surface area contributed by atoms with Crippen LogP contribution in [0.1, 0.15) is 52.1 Å². The highest BCUT2D eigenvalue weighted by atomic mass is 16.6. The van der Waals surface area contributed by atoms with Crippen LogP contribution in [-0.4, -0.2) is 22.0 Å². The number of aromatic nitrogens is 2. The van der Waals surface area contributed by atoms with Gasteiger partial charge in [-0.3, -0.25) is 4.79 Å². The number of benzene rings is 2. The molecule has 29 heavy (non-hydrogen) atoms. The van der Waals surface area contributed by atoms with E-state index < -0.39 is 18.2 Å². The Labute approximate surface area is 169 Å². The van der Waals surface area contributed by atoms with Crippen molar-refractivity contribution < 1.29 is 14.3 Å². The molecule has 2 atom stereocenters. The van der Waals surface area contributed by atoms with E-state index in [-0.39, 0.29) is 11.0 Å². The maximum atomic E-state index is 12.4. The van der Waals surface area contributed by atoms with Gasteiger partial charge in [0.1, 0.15) is 5.75 Å². The average molecular weight is 394 g/mol. The lowest BCUT2D eigenvalue weighted by Gasteiger charge is -2.20. The molecule has 0 saturated heterocycles. The van der Waals surface area contributed by atoms with Crippen LogP contribution in [0.25, 0.3) is 10.9 Å². The van der Waals surface area contributed by atoms with Gasteiger partial charge in [-0.1, -0.05) is 45.0 Å². The summed E-state index contributed by atoms with van der Waals surface area (Å²) in [6.07, 6.45) is -1.51. The lowest BCUT2D eigenvalue weighted by Crippen LogP contribution is -2.28. The molecule has 0 bridgehead atoms. The van der Waals surface area contributed by atoms with Crippen molar-refractivity contribution in [3.05, 3.63) is 70.3 Å². The maximum absolute atomic E-state index is 12.4. The molecule has 0 amide bonds. The minimum absolute atomic E-state index is 0.0439. The average Bonchev–Trinajstić information content (AvgIpc) is 2.67. The first-order chi connectivity index (χ1) is 13.6. The first-order valence-corrected chi connectivity index (χ1v) is 9.62. The second kappa shape index (κ2) is 8.07. The molecule has 1 N–H and O–H groups in total. The summed E-state index contributed by atoms with van der Waals surface area (Å²) in [5.41, 5.74) is 1.51. The molecule has 0 saturated carbocycles. The fraction of sp³-hybridized carbons (Fsp3) is 0.348. The Bertz CT molecular complexity index is 1060. The maximum Gasteiger partial charge on any atom is 0.347 e. The van der Waals surface area contributed by atoms with Crippen molar-refractivity contribution in [2.24, 2.45) is 0 Å². The number of H-pyrrole nitrogens is 1. The number of nitrogens with one attached hydrogen (secondary N) is 1. The fourth-order valence-corrected chi connectivity index (χ4v) is 2.91. The van der Waals surface area contributed by atoms with Gasteiger partial charge in [-0.2, -0.15) is 0 Å².